The normalized spacial score (nSPS) is 8.50. The second-order valence-corrected chi connectivity index (χ2v) is 2.20. The van der Waals surface area contributed by atoms with E-state index in [4.69, 9.17) is 5.11 Å². The van der Waals surface area contributed by atoms with Gasteiger partial charge < -0.3 is 5.11 Å². The molecule has 0 unspecified atom stereocenters. The summed E-state index contributed by atoms with van der Waals surface area (Å²) in [6.45, 7) is 2.11. The molecule has 0 aromatic carbocycles. The molecule has 0 aromatic rings. The molecule has 0 amide bonds. The maximum absolute atomic E-state index is 9.96. The second-order valence-electron chi connectivity index (χ2n) is 2.20. The molecule has 0 rings (SSSR count). The van der Waals surface area contributed by atoms with Crippen LogP contribution in [0, 0.1) is 0 Å². The first-order valence-corrected chi connectivity index (χ1v) is 3.49. The molecule has 0 aliphatic rings. The quantitative estimate of drug-likeness (QED) is 0.572. The molecule has 0 aliphatic carbocycles. The Balaban J connectivity index is 0. The zero-order valence-corrected chi connectivity index (χ0v) is 8.54. The third-order valence-corrected chi connectivity index (χ3v) is 1.24. The van der Waals surface area contributed by atoms with Gasteiger partial charge >= 0.3 is 5.97 Å². The van der Waals surface area contributed by atoms with Crippen LogP contribution in [-0.2, 0) is 27.2 Å². The summed E-state index contributed by atoms with van der Waals surface area (Å²) in [4.78, 5) is 9.96. The summed E-state index contributed by atoms with van der Waals surface area (Å²) >= 11 is 0. The summed E-state index contributed by atoms with van der Waals surface area (Å²) in [7, 11) is 0. The molecule has 0 spiro atoms. The average molecular weight is 223 g/mol. The zero-order chi connectivity index (χ0) is 7.11. The molecule has 0 saturated heterocycles. The Morgan fingerprint density at radius 3 is 2.30 bits per heavy atom. The van der Waals surface area contributed by atoms with Crippen molar-refractivity contribution < 1.29 is 32.3 Å². The van der Waals surface area contributed by atoms with E-state index in [1.54, 1.807) is 0 Å². The fourth-order valence-electron chi connectivity index (χ4n) is 0.703. The predicted octanol–water partition coefficient (Wildman–Crippen LogP) is 2.04. The smallest absolute Gasteiger partial charge is 0.303 e. The van der Waals surface area contributed by atoms with Crippen LogP contribution in [0.4, 0.5) is 0 Å². The number of hydrogen-bond donors (Lipinski definition) is 1. The number of hydrogen-bond acceptors (Lipinski definition) is 1. The summed E-state index contributed by atoms with van der Waals surface area (Å²) in [5.41, 5.74) is 0. The molecule has 2 nitrogen and oxygen atoms in total. The Labute approximate surface area is 77.5 Å². The number of carbonyl (C=O) groups is 1. The van der Waals surface area contributed by atoms with Gasteiger partial charge in [0.25, 0.3) is 0 Å². The molecular formula is C7H14NbO2. The summed E-state index contributed by atoms with van der Waals surface area (Å²) in [6.07, 6.45) is 4.55. The molecule has 0 atom stereocenters. The van der Waals surface area contributed by atoms with Crippen LogP contribution in [0.25, 0.3) is 0 Å². The molecule has 10 heavy (non-hydrogen) atoms. The largest absolute Gasteiger partial charge is 0.481 e. The summed E-state index contributed by atoms with van der Waals surface area (Å²) in [5.74, 6) is -0.675. The maximum atomic E-state index is 9.96. The fourth-order valence-corrected chi connectivity index (χ4v) is 0.703. The maximum Gasteiger partial charge on any atom is 0.303 e. The standard InChI is InChI=1S/C7H14O2.Nb/c1-2-3-4-5-6-7(8)9;/h2-6H2,1H3,(H,8,9);. The van der Waals surface area contributed by atoms with E-state index in [0.29, 0.717) is 6.42 Å². The third-order valence-electron chi connectivity index (χ3n) is 1.24. The SMILES string of the molecule is CCCCCCC(=O)O.[Nb]. The van der Waals surface area contributed by atoms with Crippen molar-refractivity contribution in [2.75, 3.05) is 0 Å². The van der Waals surface area contributed by atoms with E-state index in [-0.39, 0.29) is 22.4 Å². The minimum absolute atomic E-state index is 0. The van der Waals surface area contributed by atoms with Crippen molar-refractivity contribution in [2.24, 2.45) is 0 Å². The fraction of sp³-hybridized carbons (Fsp3) is 0.857. The molecule has 0 aromatic heterocycles. The van der Waals surface area contributed by atoms with E-state index in [0.717, 1.165) is 19.3 Å². The minimum atomic E-state index is -0.675. The van der Waals surface area contributed by atoms with Crippen LogP contribution in [0.3, 0.4) is 0 Å². The van der Waals surface area contributed by atoms with Gasteiger partial charge in [0.1, 0.15) is 0 Å². The molecule has 0 bridgehead atoms. The van der Waals surface area contributed by atoms with Crippen molar-refractivity contribution in [3.05, 3.63) is 0 Å². The Bertz CT molecular complexity index is 83.7. The van der Waals surface area contributed by atoms with Crippen LogP contribution in [0.15, 0.2) is 0 Å². The van der Waals surface area contributed by atoms with Gasteiger partial charge in [-0.2, -0.15) is 0 Å². The van der Waals surface area contributed by atoms with E-state index >= 15 is 0 Å². The predicted molar refractivity (Wildman–Crippen MR) is 36.4 cm³/mol. The molecule has 1 radical (unpaired) electrons. The second kappa shape index (κ2) is 9.21. The average Bonchev–Trinajstić information content (AvgIpc) is 1.80. The Morgan fingerprint density at radius 2 is 1.90 bits per heavy atom. The number of unbranched alkanes of at least 4 members (excludes halogenated alkanes) is 3. The number of rotatable bonds is 5. The van der Waals surface area contributed by atoms with Crippen LogP contribution in [0.5, 0.6) is 0 Å². The van der Waals surface area contributed by atoms with E-state index in [2.05, 4.69) is 6.92 Å². The van der Waals surface area contributed by atoms with Crippen LogP contribution in [0.1, 0.15) is 39.0 Å². The zero-order valence-electron chi connectivity index (χ0n) is 6.34. The number of aliphatic carboxylic acids is 1. The Kier molecular flexibility index (Phi) is 11.8. The van der Waals surface area contributed by atoms with E-state index in [1.165, 1.54) is 6.42 Å². The molecule has 0 heterocycles. The van der Waals surface area contributed by atoms with Crippen LogP contribution < -0.4 is 0 Å². The topological polar surface area (TPSA) is 37.3 Å². The van der Waals surface area contributed by atoms with Gasteiger partial charge in [-0.15, -0.1) is 0 Å². The van der Waals surface area contributed by atoms with E-state index < -0.39 is 5.97 Å². The monoisotopic (exact) mass is 223 g/mol. The van der Waals surface area contributed by atoms with Crippen molar-refractivity contribution in [3.8, 4) is 0 Å². The van der Waals surface area contributed by atoms with Gasteiger partial charge in [0, 0.05) is 28.8 Å². The molecule has 59 valence electrons. The first-order chi connectivity index (χ1) is 4.27. The van der Waals surface area contributed by atoms with E-state index in [1.807, 2.05) is 0 Å². The van der Waals surface area contributed by atoms with E-state index in [9.17, 15) is 4.79 Å². The van der Waals surface area contributed by atoms with Crippen molar-refractivity contribution >= 4 is 5.97 Å². The number of carboxylic acids is 1. The third kappa shape index (κ3) is 11.1. The van der Waals surface area contributed by atoms with Gasteiger partial charge in [-0.25, -0.2) is 0 Å². The van der Waals surface area contributed by atoms with Crippen molar-refractivity contribution in [2.45, 2.75) is 39.0 Å². The van der Waals surface area contributed by atoms with Crippen LogP contribution in [-0.4, -0.2) is 11.1 Å². The van der Waals surface area contributed by atoms with Gasteiger partial charge in [-0.3, -0.25) is 4.79 Å². The molecule has 0 fully saturated rings. The Morgan fingerprint density at radius 1 is 1.30 bits per heavy atom. The van der Waals surface area contributed by atoms with Crippen molar-refractivity contribution in [1.82, 2.24) is 0 Å². The molecule has 0 aliphatic heterocycles. The minimum Gasteiger partial charge on any atom is -0.481 e. The number of carboxylic acid groups (broad SMARTS) is 1. The first-order valence-electron chi connectivity index (χ1n) is 3.49. The Hall–Kier alpha value is 0.210. The van der Waals surface area contributed by atoms with Gasteiger partial charge in [-0.05, 0) is 6.42 Å². The van der Waals surface area contributed by atoms with Crippen molar-refractivity contribution in [3.63, 3.8) is 0 Å². The van der Waals surface area contributed by atoms with Crippen LogP contribution >= 0.6 is 0 Å². The van der Waals surface area contributed by atoms with Gasteiger partial charge in [0.2, 0.25) is 0 Å². The molecule has 0 saturated carbocycles. The van der Waals surface area contributed by atoms with Crippen LogP contribution in [0.2, 0.25) is 0 Å². The van der Waals surface area contributed by atoms with Crippen molar-refractivity contribution in [1.29, 1.82) is 0 Å². The molecular weight excluding hydrogens is 209 g/mol. The van der Waals surface area contributed by atoms with Gasteiger partial charge in [0.15, 0.2) is 0 Å². The molecule has 1 N–H and O–H groups in total. The summed E-state index contributed by atoms with van der Waals surface area (Å²) in [6, 6.07) is 0. The van der Waals surface area contributed by atoms with Gasteiger partial charge in [-0.1, -0.05) is 26.2 Å². The first kappa shape index (κ1) is 12.8. The molecule has 3 heteroatoms. The summed E-state index contributed by atoms with van der Waals surface area (Å²) in [5, 5.41) is 8.21. The van der Waals surface area contributed by atoms with Gasteiger partial charge in [0.05, 0.1) is 0 Å². The summed E-state index contributed by atoms with van der Waals surface area (Å²) < 4.78 is 0.